The molecule has 17 nitrogen and oxygen atoms in total. The minimum Gasteiger partial charge on any atom is -0.508 e. The van der Waals surface area contributed by atoms with E-state index < -0.39 is 103 Å². The van der Waals surface area contributed by atoms with Crippen LogP contribution in [0.15, 0.2) is 152 Å². The number of benzene rings is 6. The van der Waals surface area contributed by atoms with E-state index in [1.807, 2.05) is 78.9 Å². The lowest BCUT2D eigenvalue weighted by Crippen LogP contribution is -2.65. The van der Waals surface area contributed by atoms with Crippen molar-refractivity contribution in [1.29, 1.82) is 0 Å². The van der Waals surface area contributed by atoms with Gasteiger partial charge in [0.1, 0.15) is 60.8 Å². The number of rotatable bonds is 14. The third-order valence-electron chi connectivity index (χ3n) is 14.8. The molecule has 3 saturated heterocycles. The number of para-hydroxylation sites is 3. The lowest BCUT2D eigenvalue weighted by molar-refractivity contribution is -0.312. The van der Waals surface area contributed by atoms with Gasteiger partial charge < -0.3 is 58.9 Å². The van der Waals surface area contributed by atoms with E-state index in [-0.39, 0.29) is 35.9 Å². The number of ether oxygens (including phenoxy) is 6. The number of halogens is 2. The van der Waals surface area contributed by atoms with Crippen LogP contribution in [0.2, 0.25) is 0 Å². The number of carbonyl (C=O) groups is 3. The fourth-order valence-electron chi connectivity index (χ4n) is 10.8. The molecule has 1 spiro atoms. The van der Waals surface area contributed by atoms with Gasteiger partial charge in [-0.25, -0.2) is 18.4 Å². The smallest absolute Gasteiger partial charge is 0.411 e. The molecular formula is C58H57F2N3O14. The molecule has 4 fully saturated rings. The molecule has 3 amide bonds. The second-order valence-corrected chi connectivity index (χ2v) is 19.7. The molecule has 9 atom stereocenters. The lowest BCUT2D eigenvalue weighted by Gasteiger charge is -2.59. The number of β-lactam (4-membered cyclic amide) rings is 1. The van der Waals surface area contributed by atoms with Gasteiger partial charge in [0.15, 0.2) is 6.29 Å². The molecular weight excluding hydrogens is 1000 g/mol. The van der Waals surface area contributed by atoms with Gasteiger partial charge in [0, 0.05) is 24.1 Å². The van der Waals surface area contributed by atoms with E-state index in [9.17, 15) is 48.7 Å². The summed E-state index contributed by atoms with van der Waals surface area (Å²) in [5.74, 6) is -1.23. The van der Waals surface area contributed by atoms with Gasteiger partial charge >= 0.3 is 12.2 Å². The molecule has 1 saturated carbocycles. The van der Waals surface area contributed by atoms with Gasteiger partial charge in [0.25, 0.3) is 0 Å². The summed E-state index contributed by atoms with van der Waals surface area (Å²) < 4.78 is 63.8. The Kier molecular flexibility index (Phi) is 15.5. The predicted octanol–water partition coefficient (Wildman–Crippen LogP) is 8.45. The number of amides is 3. The molecule has 77 heavy (non-hydrogen) atoms. The average Bonchev–Trinajstić information content (AvgIpc) is 3.45. The zero-order valence-electron chi connectivity index (χ0n) is 41.4. The Morgan fingerprint density at radius 1 is 0.649 bits per heavy atom. The molecule has 19 heteroatoms. The number of carbonyl (C=O) groups excluding carboxylic acids is 3. The molecule has 1 aliphatic carbocycles. The average molecular weight is 1060 g/mol. The van der Waals surface area contributed by atoms with Gasteiger partial charge in [0.2, 0.25) is 12.2 Å². The SMILES string of the molecule is O=C(Nc1ccccc1F)OCC1OC(O[C@H]2C(O)CC(Oc3cccc(-c4ccc(C5N(c6ccccc6)C(=O)C56CCC(O)(c5ccccc5)CC6)c(O)c4)c3)OC2COC(=O)Nc2ccccc2F)CC(O)[C@@H]1O. The molecule has 0 aromatic heterocycles. The van der Waals surface area contributed by atoms with Gasteiger partial charge in [-0.3, -0.25) is 15.4 Å². The molecule has 0 radical (unpaired) electrons. The monoisotopic (exact) mass is 1060 g/mol. The number of nitrogens with one attached hydrogen (secondary N) is 2. The number of aliphatic hydroxyl groups excluding tert-OH is 3. The van der Waals surface area contributed by atoms with Gasteiger partial charge in [-0.1, -0.05) is 97.1 Å². The molecule has 0 bridgehead atoms. The van der Waals surface area contributed by atoms with E-state index in [0.29, 0.717) is 53.8 Å². The zero-order chi connectivity index (χ0) is 53.8. The number of anilines is 3. The van der Waals surface area contributed by atoms with Gasteiger partial charge in [0.05, 0.1) is 40.6 Å². The first-order valence-corrected chi connectivity index (χ1v) is 25.3. The van der Waals surface area contributed by atoms with Crippen LogP contribution in [0.4, 0.5) is 35.4 Å². The van der Waals surface area contributed by atoms with Crippen molar-refractivity contribution in [2.45, 2.75) is 99.4 Å². The minimum absolute atomic E-state index is 0.0322. The summed E-state index contributed by atoms with van der Waals surface area (Å²) in [6, 6.07) is 41.3. The van der Waals surface area contributed by atoms with Crippen LogP contribution < -0.4 is 20.3 Å². The normalized spacial score (nSPS) is 28.0. The van der Waals surface area contributed by atoms with Crippen molar-refractivity contribution in [3.63, 3.8) is 0 Å². The maximum atomic E-state index is 14.4. The highest BCUT2D eigenvalue weighted by atomic mass is 19.1. The summed E-state index contributed by atoms with van der Waals surface area (Å²) in [4.78, 5) is 41.5. The maximum Gasteiger partial charge on any atom is 0.411 e. The van der Waals surface area contributed by atoms with E-state index in [2.05, 4.69) is 10.6 Å². The Hall–Kier alpha value is -7.49. The first-order chi connectivity index (χ1) is 37.2. The molecule has 7 unspecified atom stereocenters. The van der Waals surface area contributed by atoms with E-state index in [1.165, 1.54) is 36.4 Å². The van der Waals surface area contributed by atoms with Crippen molar-refractivity contribution >= 4 is 35.2 Å². The molecule has 3 aliphatic heterocycles. The second-order valence-electron chi connectivity index (χ2n) is 19.7. The highest BCUT2D eigenvalue weighted by Crippen LogP contribution is 2.62. The van der Waals surface area contributed by atoms with E-state index in [0.717, 1.165) is 17.7 Å². The van der Waals surface area contributed by atoms with Crippen LogP contribution in [0.5, 0.6) is 11.5 Å². The van der Waals surface area contributed by atoms with Crippen LogP contribution in [0.3, 0.4) is 0 Å². The van der Waals surface area contributed by atoms with Crippen LogP contribution in [0.25, 0.3) is 11.1 Å². The van der Waals surface area contributed by atoms with Gasteiger partial charge in [-0.15, -0.1) is 0 Å². The Bertz CT molecular complexity index is 3060. The van der Waals surface area contributed by atoms with Gasteiger partial charge in [-0.2, -0.15) is 0 Å². The molecule has 3 heterocycles. The molecule has 7 N–H and O–H groups in total. The number of hydrogen-bond donors (Lipinski definition) is 7. The van der Waals surface area contributed by atoms with Crippen LogP contribution in [-0.2, 0) is 34.1 Å². The fourth-order valence-corrected chi connectivity index (χ4v) is 10.8. The van der Waals surface area contributed by atoms with Crippen molar-refractivity contribution < 1.29 is 77.1 Å². The topological polar surface area (TPSA) is 235 Å². The lowest BCUT2D eigenvalue weighted by atomic mass is 9.56. The number of nitrogens with zero attached hydrogens (tertiary/aromatic N) is 1. The highest BCUT2D eigenvalue weighted by molar-refractivity contribution is 6.06. The van der Waals surface area contributed by atoms with E-state index >= 15 is 0 Å². The fraction of sp³-hybridized carbons (Fsp3) is 0.328. The summed E-state index contributed by atoms with van der Waals surface area (Å²) in [5.41, 5.74) is 1.05. The van der Waals surface area contributed by atoms with E-state index in [4.69, 9.17) is 28.4 Å². The van der Waals surface area contributed by atoms with E-state index in [1.54, 1.807) is 29.2 Å². The third-order valence-corrected chi connectivity index (χ3v) is 14.8. The van der Waals surface area contributed by atoms with Crippen LogP contribution in [0.1, 0.15) is 55.7 Å². The quantitative estimate of drug-likeness (QED) is 0.0508. The third kappa shape index (κ3) is 11.3. The summed E-state index contributed by atoms with van der Waals surface area (Å²) in [5, 5.41) is 61.5. The van der Waals surface area contributed by atoms with Crippen molar-refractivity contribution in [3.8, 4) is 22.6 Å². The van der Waals surface area contributed by atoms with Crippen LogP contribution in [0, 0.1) is 17.0 Å². The molecule has 6 aromatic rings. The summed E-state index contributed by atoms with van der Waals surface area (Å²) >= 11 is 0. The Morgan fingerprint density at radius 2 is 1.22 bits per heavy atom. The van der Waals surface area contributed by atoms with Crippen molar-refractivity contribution in [2.75, 3.05) is 28.7 Å². The Labute approximate surface area is 441 Å². The van der Waals surface area contributed by atoms with Crippen LogP contribution >= 0.6 is 0 Å². The number of phenolic OH excluding ortho intramolecular Hbond substituents is 1. The summed E-state index contributed by atoms with van der Waals surface area (Å²) in [7, 11) is 0. The highest BCUT2D eigenvalue weighted by Gasteiger charge is 2.64. The number of aliphatic hydroxyl groups is 4. The first-order valence-electron chi connectivity index (χ1n) is 25.3. The standard InChI is InChI=1S/C58H57F2N3O14/c59-40-18-7-9-20-42(40)61-55(69)72-32-47-51(67)45(65)30-50(75-47)77-52-46(66)31-49(76-48(52)33-73-56(70)62-43-21-10-8-19-41(43)60)74-38-17-11-12-34(28-38)35-22-23-39(44(64)29-35)53-57(54(68)63(53)37-15-5-2-6-16-37)24-26-58(71,27-25-57)36-13-3-1-4-14-36/h1-23,28-29,45-53,64-67,71H,24-27,30-33H2,(H,61,69)(H,62,70)/t45?,46?,47?,48?,49?,50?,51-,52-,53?,57?,58?/m0/s1. The number of phenols is 1. The first kappa shape index (κ1) is 52.9. The Balaban J connectivity index is 0.839. The zero-order valence-corrected chi connectivity index (χ0v) is 41.4. The largest absolute Gasteiger partial charge is 0.508 e. The molecule has 10 rings (SSSR count). The molecule has 6 aromatic carbocycles. The van der Waals surface area contributed by atoms with Crippen LogP contribution in [-0.4, -0.2) is 106 Å². The van der Waals surface area contributed by atoms with Gasteiger partial charge in [-0.05, 0) is 97.0 Å². The minimum atomic E-state index is -1.54. The number of hydrogen-bond acceptors (Lipinski definition) is 14. The van der Waals surface area contributed by atoms with Crippen molar-refractivity contribution in [1.82, 2.24) is 0 Å². The second kappa shape index (κ2) is 22.6. The summed E-state index contributed by atoms with van der Waals surface area (Å²) in [6.07, 6.45) is -12.0. The van der Waals surface area contributed by atoms with Crippen molar-refractivity contribution in [2.24, 2.45) is 5.41 Å². The maximum absolute atomic E-state index is 14.4. The molecule has 4 aliphatic rings. The Morgan fingerprint density at radius 3 is 1.86 bits per heavy atom. The number of aromatic hydroxyl groups is 1. The van der Waals surface area contributed by atoms with Crippen molar-refractivity contribution in [3.05, 3.63) is 174 Å². The summed E-state index contributed by atoms with van der Waals surface area (Å²) in [6.45, 7) is -1.17. The molecule has 402 valence electrons. The predicted molar refractivity (Wildman–Crippen MR) is 274 cm³/mol.